The SMILES string of the molecule is CCC(=O)c1ccc2c(n1)C(N1CCC3(CC1)CC3)=C(C#N)C(=O)C2. The van der Waals surface area contributed by atoms with Crippen LogP contribution in [0.4, 0.5) is 0 Å². The lowest BCUT2D eigenvalue weighted by atomic mass is 9.88. The molecule has 0 N–H and O–H groups in total. The second-order valence-corrected chi connectivity index (χ2v) is 7.40. The van der Waals surface area contributed by atoms with E-state index in [0.29, 0.717) is 28.9 Å². The summed E-state index contributed by atoms with van der Waals surface area (Å²) in [4.78, 5) is 31.2. The fourth-order valence-corrected chi connectivity index (χ4v) is 3.99. The van der Waals surface area contributed by atoms with E-state index in [2.05, 4.69) is 16.0 Å². The average Bonchev–Trinajstić information content (AvgIpc) is 3.39. The molecule has 1 saturated heterocycles. The van der Waals surface area contributed by atoms with Gasteiger partial charge in [0.05, 0.1) is 11.4 Å². The van der Waals surface area contributed by atoms with Gasteiger partial charge in [0.1, 0.15) is 17.3 Å². The zero-order valence-electron chi connectivity index (χ0n) is 14.5. The molecule has 25 heavy (non-hydrogen) atoms. The van der Waals surface area contributed by atoms with Crippen molar-refractivity contribution in [2.24, 2.45) is 5.41 Å². The zero-order chi connectivity index (χ0) is 17.6. The van der Waals surface area contributed by atoms with Crippen molar-refractivity contribution in [2.75, 3.05) is 13.1 Å². The van der Waals surface area contributed by atoms with Crippen LogP contribution in [0.2, 0.25) is 0 Å². The number of hydrogen-bond donors (Lipinski definition) is 0. The average molecular weight is 335 g/mol. The molecular weight excluding hydrogens is 314 g/mol. The Hall–Kier alpha value is -2.48. The first kappa shape index (κ1) is 16.0. The monoisotopic (exact) mass is 335 g/mol. The quantitative estimate of drug-likeness (QED) is 0.794. The summed E-state index contributed by atoms with van der Waals surface area (Å²) < 4.78 is 0. The van der Waals surface area contributed by atoms with Crippen LogP contribution in [0.3, 0.4) is 0 Å². The fraction of sp³-hybridized carbons (Fsp3) is 0.500. The highest BCUT2D eigenvalue weighted by atomic mass is 16.1. The third-order valence-corrected chi connectivity index (χ3v) is 5.89. The van der Waals surface area contributed by atoms with Crippen LogP contribution in [0.15, 0.2) is 17.7 Å². The molecular formula is C20H21N3O2. The van der Waals surface area contributed by atoms with E-state index in [1.807, 2.05) is 13.0 Å². The molecule has 1 aliphatic heterocycles. The van der Waals surface area contributed by atoms with Crippen molar-refractivity contribution < 1.29 is 9.59 Å². The van der Waals surface area contributed by atoms with Crippen molar-refractivity contribution in [3.05, 3.63) is 34.7 Å². The van der Waals surface area contributed by atoms with Gasteiger partial charge in [-0.15, -0.1) is 0 Å². The molecule has 0 bridgehead atoms. The summed E-state index contributed by atoms with van der Waals surface area (Å²) in [6, 6.07) is 5.62. The molecule has 0 atom stereocenters. The van der Waals surface area contributed by atoms with Gasteiger partial charge in [-0.25, -0.2) is 4.98 Å². The van der Waals surface area contributed by atoms with Gasteiger partial charge in [-0.1, -0.05) is 13.0 Å². The molecule has 2 heterocycles. The van der Waals surface area contributed by atoms with E-state index in [1.54, 1.807) is 6.07 Å². The van der Waals surface area contributed by atoms with Gasteiger partial charge in [-0.2, -0.15) is 5.26 Å². The Labute approximate surface area is 147 Å². The Kier molecular flexibility index (Phi) is 3.72. The minimum atomic E-state index is -0.145. The number of rotatable bonds is 3. The molecule has 0 radical (unpaired) electrons. The molecule has 1 aromatic heterocycles. The fourth-order valence-electron chi connectivity index (χ4n) is 3.99. The number of Topliss-reactive ketones (excluding diaryl/α,β-unsaturated/α-hetero) is 2. The minimum Gasteiger partial charge on any atom is -0.369 e. The number of aromatic nitrogens is 1. The first-order chi connectivity index (χ1) is 12.1. The maximum atomic E-state index is 12.5. The number of nitriles is 1. The summed E-state index contributed by atoms with van der Waals surface area (Å²) in [7, 11) is 0. The molecule has 0 unspecified atom stereocenters. The van der Waals surface area contributed by atoms with E-state index in [1.165, 1.54) is 12.8 Å². The van der Waals surface area contributed by atoms with Gasteiger partial charge in [0.25, 0.3) is 0 Å². The normalized spacial score (nSPS) is 21.1. The standard InChI is InChI=1S/C20H21N3O2/c1-2-16(24)15-4-3-13-11-17(25)14(12-21)19(18(13)22-15)23-9-7-20(5-6-20)8-10-23/h3-4H,2,5-11H2,1H3. The van der Waals surface area contributed by atoms with Crippen molar-refractivity contribution in [1.82, 2.24) is 9.88 Å². The highest BCUT2D eigenvalue weighted by Crippen LogP contribution is 2.54. The topological polar surface area (TPSA) is 74.1 Å². The van der Waals surface area contributed by atoms with E-state index in [0.717, 1.165) is 31.5 Å². The van der Waals surface area contributed by atoms with Gasteiger partial charge in [0.2, 0.25) is 0 Å². The first-order valence-electron chi connectivity index (χ1n) is 9.03. The number of ketones is 2. The van der Waals surface area contributed by atoms with Gasteiger partial charge >= 0.3 is 0 Å². The molecule has 3 aliphatic rings. The second-order valence-electron chi connectivity index (χ2n) is 7.40. The molecule has 1 spiro atoms. The second kappa shape index (κ2) is 5.80. The summed E-state index contributed by atoms with van der Waals surface area (Å²) in [5, 5.41) is 9.58. The summed E-state index contributed by atoms with van der Waals surface area (Å²) in [5.74, 6) is -0.166. The molecule has 5 heteroatoms. The van der Waals surface area contributed by atoms with Crippen LogP contribution in [0, 0.1) is 16.7 Å². The summed E-state index contributed by atoms with van der Waals surface area (Å²) >= 11 is 0. The highest BCUT2D eigenvalue weighted by Gasteiger charge is 2.45. The Morgan fingerprint density at radius 1 is 1.28 bits per heavy atom. The van der Waals surface area contributed by atoms with Gasteiger partial charge in [0.15, 0.2) is 11.6 Å². The highest BCUT2D eigenvalue weighted by molar-refractivity contribution is 6.09. The third-order valence-electron chi connectivity index (χ3n) is 5.89. The molecule has 2 fully saturated rings. The van der Waals surface area contributed by atoms with Crippen molar-refractivity contribution in [3.8, 4) is 6.07 Å². The largest absolute Gasteiger partial charge is 0.369 e. The van der Waals surface area contributed by atoms with Gasteiger partial charge < -0.3 is 4.90 Å². The Balaban J connectivity index is 1.78. The first-order valence-corrected chi connectivity index (χ1v) is 9.03. The van der Waals surface area contributed by atoms with Crippen LogP contribution < -0.4 is 0 Å². The van der Waals surface area contributed by atoms with E-state index in [9.17, 15) is 14.9 Å². The van der Waals surface area contributed by atoms with Crippen LogP contribution in [-0.4, -0.2) is 34.5 Å². The summed E-state index contributed by atoms with van der Waals surface area (Å²) in [5.41, 5.74) is 3.25. The zero-order valence-corrected chi connectivity index (χ0v) is 14.5. The van der Waals surface area contributed by atoms with Crippen molar-refractivity contribution in [3.63, 3.8) is 0 Å². The van der Waals surface area contributed by atoms with Gasteiger partial charge in [-0.3, -0.25) is 9.59 Å². The number of hydrogen-bond acceptors (Lipinski definition) is 5. The van der Waals surface area contributed by atoms with Crippen LogP contribution in [0.5, 0.6) is 0 Å². The number of fused-ring (bicyclic) bond motifs is 1. The lowest BCUT2D eigenvalue weighted by Gasteiger charge is -2.37. The predicted molar refractivity (Wildman–Crippen MR) is 92.6 cm³/mol. The number of nitrogens with zero attached hydrogens (tertiary/aromatic N) is 3. The molecule has 1 saturated carbocycles. The van der Waals surface area contributed by atoms with Gasteiger partial charge in [0, 0.05) is 25.9 Å². The lowest BCUT2D eigenvalue weighted by Crippen LogP contribution is -2.36. The summed E-state index contributed by atoms with van der Waals surface area (Å²) in [6.07, 6.45) is 5.38. The Morgan fingerprint density at radius 2 is 2.00 bits per heavy atom. The van der Waals surface area contributed by atoms with E-state index < -0.39 is 0 Å². The molecule has 5 nitrogen and oxygen atoms in total. The van der Waals surface area contributed by atoms with Crippen molar-refractivity contribution in [1.29, 1.82) is 5.26 Å². The van der Waals surface area contributed by atoms with Crippen LogP contribution in [0.25, 0.3) is 5.70 Å². The summed E-state index contributed by atoms with van der Waals surface area (Å²) in [6.45, 7) is 3.51. The smallest absolute Gasteiger partial charge is 0.180 e. The van der Waals surface area contributed by atoms with E-state index >= 15 is 0 Å². The number of carbonyl (C=O) groups is 2. The molecule has 4 rings (SSSR count). The number of piperidine rings is 1. The number of carbonyl (C=O) groups excluding carboxylic acids is 2. The van der Waals surface area contributed by atoms with E-state index in [4.69, 9.17) is 0 Å². The van der Waals surface area contributed by atoms with Crippen LogP contribution in [0.1, 0.15) is 60.8 Å². The molecule has 0 aromatic carbocycles. The Bertz CT molecular complexity index is 833. The van der Waals surface area contributed by atoms with Crippen molar-refractivity contribution in [2.45, 2.75) is 45.4 Å². The van der Waals surface area contributed by atoms with Crippen LogP contribution >= 0.6 is 0 Å². The number of likely N-dealkylation sites (tertiary alicyclic amines) is 1. The predicted octanol–water partition coefficient (Wildman–Crippen LogP) is 2.91. The molecule has 128 valence electrons. The number of allylic oxidation sites excluding steroid dienone is 1. The van der Waals surface area contributed by atoms with Gasteiger partial charge in [-0.05, 0) is 42.7 Å². The Morgan fingerprint density at radius 3 is 2.60 bits per heavy atom. The van der Waals surface area contributed by atoms with E-state index in [-0.39, 0.29) is 23.6 Å². The van der Waals surface area contributed by atoms with Crippen molar-refractivity contribution >= 4 is 17.3 Å². The molecule has 2 aliphatic carbocycles. The number of pyridine rings is 1. The van der Waals surface area contributed by atoms with Crippen LogP contribution in [-0.2, 0) is 11.2 Å². The minimum absolute atomic E-state index is 0.0202. The maximum absolute atomic E-state index is 12.5. The lowest BCUT2D eigenvalue weighted by molar-refractivity contribution is -0.114. The third kappa shape index (κ3) is 2.66. The molecule has 1 aromatic rings. The maximum Gasteiger partial charge on any atom is 0.180 e. The molecule has 0 amide bonds.